The lowest BCUT2D eigenvalue weighted by Gasteiger charge is -2.11. The van der Waals surface area contributed by atoms with Gasteiger partial charge in [0, 0.05) is 24.6 Å². The number of hydrogen-bond acceptors (Lipinski definition) is 3. The topological polar surface area (TPSA) is 39.2 Å². The van der Waals surface area contributed by atoms with Gasteiger partial charge in [-0.15, -0.1) is 0 Å². The summed E-state index contributed by atoms with van der Waals surface area (Å²) < 4.78 is 5.24. The number of ether oxygens (including phenoxy) is 1. The van der Waals surface area contributed by atoms with Crippen LogP contribution in [0.2, 0.25) is 0 Å². The van der Waals surface area contributed by atoms with Gasteiger partial charge in [-0.1, -0.05) is 0 Å². The molecule has 0 saturated carbocycles. The second-order valence-electron chi connectivity index (χ2n) is 3.15. The number of carbonyl (C=O) groups excluding carboxylic acids is 1. The maximum Gasteiger partial charge on any atom is 0.193 e. The minimum Gasteiger partial charge on any atom is -0.371 e. The van der Waals surface area contributed by atoms with E-state index in [0.717, 1.165) is 5.56 Å². The van der Waals surface area contributed by atoms with Crippen LogP contribution in [-0.2, 0) is 4.74 Å². The summed E-state index contributed by atoms with van der Waals surface area (Å²) in [7, 11) is 0. The second kappa shape index (κ2) is 4.86. The predicted molar refractivity (Wildman–Crippen MR) is 54.4 cm³/mol. The molecule has 0 aliphatic heterocycles. The van der Waals surface area contributed by atoms with Crippen LogP contribution in [0.25, 0.3) is 0 Å². The van der Waals surface area contributed by atoms with Crippen LogP contribution in [0.4, 0.5) is 0 Å². The van der Waals surface area contributed by atoms with Gasteiger partial charge in [-0.25, -0.2) is 0 Å². The molecule has 3 heteroatoms. The molecule has 3 nitrogen and oxygen atoms in total. The molecule has 0 aliphatic rings. The first-order valence-corrected chi connectivity index (χ1v) is 4.73. The monoisotopic (exact) mass is 193 g/mol. The van der Waals surface area contributed by atoms with Crippen LogP contribution in [0, 0.1) is 6.92 Å². The van der Waals surface area contributed by atoms with Gasteiger partial charge in [0.25, 0.3) is 0 Å². The van der Waals surface area contributed by atoms with Crippen LogP contribution in [0.5, 0.6) is 0 Å². The van der Waals surface area contributed by atoms with E-state index in [1.165, 1.54) is 0 Å². The average Bonchev–Trinajstić information content (AvgIpc) is 2.18. The summed E-state index contributed by atoms with van der Waals surface area (Å²) in [6.45, 7) is 6.08. The Hall–Kier alpha value is -1.22. The van der Waals surface area contributed by atoms with Gasteiger partial charge in [-0.05, 0) is 32.4 Å². The van der Waals surface area contributed by atoms with Gasteiger partial charge >= 0.3 is 0 Å². The second-order valence-corrected chi connectivity index (χ2v) is 3.15. The van der Waals surface area contributed by atoms with Crippen molar-refractivity contribution in [2.24, 2.45) is 0 Å². The van der Waals surface area contributed by atoms with Crippen LogP contribution in [-0.4, -0.2) is 23.5 Å². The van der Waals surface area contributed by atoms with Crippen LogP contribution in [0.3, 0.4) is 0 Å². The van der Waals surface area contributed by atoms with Gasteiger partial charge in [0.1, 0.15) is 6.10 Å². The molecule has 1 atom stereocenters. The van der Waals surface area contributed by atoms with Gasteiger partial charge in [-0.3, -0.25) is 9.78 Å². The van der Waals surface area contributed by atoms with Gasteiger partial charge < -0.3 is 4.74 Å². The zero-order valence-corrected chi connectivity index (χ0v) is 8.78. The number of ketones is 1. The lowest BCUT2D eigenvalue weighted by molar-refractivity contribution is 0.0519. The molecule has 0 spiro atoms. The van der Waals surface area contributed by atoms with Gasteiger partial charge in [-0.2, -0.15) is 0 Å². The van der Waals surface area contributed by atoms with E-state index in [0.29, 0.717) is 12.2 Å². The predicted octanol–water partition coefficient (Wildman–Crippen LogP) is 2.00. The zero-order chi connectivity index (χ0) is 10.6. The van der Waals surface area contributed by atoms with E-state index in [-0.39, 0.29) is 11.9 Å². The maximum absolute atomic E-state index is 11.8. The molecule has 14 heavy (non-hydrogen) atoms. The molecule has 0 bridgehead atoms. The SMILES string of the molecule is CCOC(C)C(=O)c1cnccc1C. The molecule has 1 rings (SSSR count). The lowest BCUT2D eigenvalue weighted by atomic mass is 10.0. The van der Waals surface area contributed by atoms with E-state index in [9.17, 15) is 4.79 Å². The lowest BCUT2D eigenvalue weighted by Crippen LogP contribution is -2.21. The minimum atomic E-state index is -0.386. The molecule has 0 N–H and O–H groups in total. The third kappa shape index (κ3) is 2.39. The van der Waals surface area contributed by atoms with Gasteiger partial charge in [0.15, 0.2) is 5.78 Å². The Morgan fingerprint density at radius 3 is 2.93 bits per heavy atom. The molecule has 0 saturated heterocycles. The first-order chi connectivity index (χ1) is 6.66. The number of aromatic nitrogens is 1. The van der Waals surface area contributed by atoms with E-state index in [1.54, 1.807) is 19.3 Å². The molecular formula is C11H15NO2. The fraction of sp³-hybridized carbons (Fsp3) is 0.455. The average molecular weight is 193 g/mol. The van der Waals surface area contributed by atoms with Crippen molar-refractivity contribution in [1.82, 2.24) is 4.98 Å². The molecule has 0 aliphatic carbocycles. The van der Waals surface area contributed by atoms with E-state index >= 15 is 0 Å². The van der Waals surface area contributed by atoms with E-state index in [1.807, 2.05) is 19.9 Å². The molecular weight excluding hydrogens is 178 g/mol. The summed E-state index contributed by atoms with van der Waals surface area (Å²) in [6, 6.07) is 1.83. The molecule has 1 unspecified atom stereocenters. The standard InChI is InChI=1S/C11H15NO2/c1-4-14-9(3)11(13)10-7-12-6-5-8(10)2/h5-7,9H,4H2,1-3H3. The first-order valence-electron chi connectivity index (χ1n) is 4.73. The molecule has 0 radical (unpaired) electrons. The van der Waals surface area contributed by atoms with Crippen molar-refractivity contribution in [3.05, 3.63) is 29.6 Å². The first kappa shape index (κ1) is 10.9. The quantitative estimate of drug-likeness (QED) is 0.686. The Morgan fingerprint density at radius 1 is 1.64 bits per heavy atom. The molecule has 76 valence electrons. The molecule has 1 aromatic rings. The number of pyridine rings is 1. The molecule has 0 fully saturated rings. The minimum absolute atomic E-state index is 0.00236. The third-order valence-corrected chi connectivity index (χ3v) is 2.09. The summed E-state index contributed by atoms with van der Waals surface area (Å²) >= 11 is 0. The third-order valence-electron chi connectivity index (χ3n) is 2.09. The Bertz CT molecular complexity index is 323. The van der Waals surface area contributed by atoms with Crippen LogP contribution in [0.1, 0.15) is 29.8 Å². The molecule has 0 aromatic carbocycles. The Morgan fingerprint density at radius 2 is 2.36 bits per heavy atom. The molecule has 1 heterocycles. The highest BCUT2D eigenvalue weighted by atomic mass is 16.5. The van der Waals surface area contributed by atoms with Gasteiger partial charge in [0.2, 0.25) is 0 Å². The summed E-state index contributed by atoms with van der Waals surface area (Å²) in [5, 5.41) is 0. The highest BCUT2D eigenvalue weighted by Crippen LogP contribution is 2.09. The smallest absolute Gasteiger partial charge is 0.193 e. The summed E-state index contributed by atoms with van der Waals surface area (Å²) in [5.74, 6) is -0.00236. The molecule has 0 amide bonds. The van der Waals surface area contributed by atoms with Crippen molar-refractivity contribution in [2.75, 3.05) is 6.61 Å². The van der Waals surface area contributed by atoms with Crippen molar-refractivity contribution < 1.29 is 9.53 Å². The van der Waals surface area contributed by atoms with Crippen molar-refractivity contribution in [1.29, 1.82) is 0 Å². The summed E-state index contributed by atoms with van der Waals surface area (Å²) in [6.07, 6.45) is 2.88. The van der Waals surface area contributed by atoms with E-state index in [4.69, 9.17) is 4.74 Å². The number of aryl methyl sites for hydroxylation is 1. The van der Waals surface area contributed by atoms with E-state index in [2.05, 4.69) is 4.98 Å². The number of Topliss-reactive ketones (excluding diaryl/α,β-unsaturated/α-hetero) is 1. The highest BCUT2D eigenvalue weighted by molar-refractivity contribution is 6.00. The van der Waals surface area contributed by atoms with Crippen molar-refractivity contribution in [2.45, 2.75) is 26.9 Å². The number of carbonyl (C=O) groups is 1. The van der Waals surface area contributed by atoms with Gasteiger partial charge in [0.05, 0.1) is 0 Å². The number of hydrogen-bond donors (Lipinski definition) is 0. The van der Waals surface area contributed by atoms with Crippen molar-refractivity contribution in [3.63, 3.8) is 0 Å². The van der Waals surface area contributed by atoms with Crippen molar-refractivity contribution >= 4 is 5.78 Å². The highest BCUT2D eigenvalue weighted by Gasteiger charge is 2.16. The van der Waals surface area contributed by atoms with Crippen LogP contribution >= 0.6 is 0 Å². The number of nitrogens with zero attached hydrogens (tertiary/aromatic N) is 1. The van der Waals surface area contributed by atoms with E-state index < -0.39 is 0 Å². The largest absolute Gasteiger partial charge is 0.371 e. The fourth-order valence-electron chi connectivity index (χ4n) is 1.27. The van der Waals surface area contributed by atoms with Crippen molar-refractivity contribution in [3.8, 4) is 0 Å². The fourth-order valence-corrected chi connectivity index (χ4v) is 1.27. The Labute approximate surface area is 84.1 Å². The van der Waals surface area contributed by atoms with Crippen LogP contribution < -0.4 is 0 Å². The van der Waals surface area contributed by atoms with Crippen LogP contribution in [0.15, 0.2) is 18.5 Å². The Kier molecular flexibility index (Phi) is 3.77. The Balaban J connectivity index is 2.84. The normalized spacial score (nSPS) is 12.5. The molecule has 1 aromatic heterocycles. The maximum atomic E-state index is 11.8. The zero-order valence-electron chi connectivity index (χ0n) is 8.78. The summed E-state index contributed by atoms with van der Waals surface area (Å²) in [4.78, 5) is 15.7. The summed E-state index contributed by atoms with van der Waals surface area (Å²) in [5.41, 5.74) is 1.59. The number of rotatable bonds is 4.